The van der Waals surface area contributed by atoms with E-state index in [-0.39, 0.29) is 0 Å². The Morgan fingerprint density at radius 2 is 0.870 bits per heavy atom. The van der Waals surface area contributed by atoms with Crippen LogP contribution in [-0.2, 0) is 46.7 Å². The fourth-order valence-electron chi connectivity index (χ4n) is 1.28. The van der Waals surface area contributed by atoms with Crippen LogP contribution < -0.4 is 0 Å². The van der Waals surface area contributed by atoms with Gasteiger partial charge in [0, 0.05) is 0 Å². The summed E-state index contributed by atoms with van der Waals surface area (Å²) >= 11 is 0. The molecule has 0 N–H and O–H groups in total. The van der Waals surface area contributed by atoms with Gasteiger partial charge in [-0.15, -0.1) is 0 Å². The number of rotatable bonds is 9. The Morgan fingerprint density at radius 3 is 1.04 bits per heavy atom. The minimum atomic E-state index is -4.49. The third-order valence-electron chi connectivity index (χ3n) is 2.46. The van der Waals surface area contributed by atoms with Crippen molar-refractivity contribution in [2.45, 2.75) is 39.1 Å². The van der Waals surface area contributed by atoms with Crippen molar-refractivity contribution in [3.8, 4) is 0 Å². The highest BCUT2D eigenvalue weighted by Crippen LogP contribution is 2.53. The molecule has 0 bridgehead atoms. The van der Waals surface area contributed by atoms with Gasteiger partial charge in [0.1, 0.15) is 0 Å². The lowest BCUT2D eigenvalue weighted by Crippen LogP contribution is -2.29. The van der Waals surface area contributed by atoms with Crippen LogP contribution in [0.3, 0.4) is 0 Å². The number of hydrogen-bond donors (Lipinski definition) is 0. The summed E-state index contributed by atoms with van der Waals surface area (Å²) in [6, 6.07) is 0. The number of esters is 3. The molecule has 134 valence electrons. The molecule has 11 heteroatoms. The normalized spacial score (nSPS) is 17.3. The van der Waals surface area contributed by atoms with E-state index in [0.717, 1.165) is 21.3 Å². The van der Waals surface area contributed by atoms with E-state index in [1.54, 1.807) is 0 Å². The Hall–Kier alpha value is -1.48. The molecule has 3 unspecified atom stereocenters. The van der Waals surface area contributed by atoms with Gasteiger partial charge in [0.25, 0.3) is 0 Å². The van der Waals surface area contributed by atoms with Crippen molar-refractivity contribution in [3.63, 3.8) is 0 Å². The Labute approximate surface area is 133 Å². The fourth-order valence-corrected chi connectivity index (χ4v) is 2.85. The number of methoxy groups -OCH3 is 3. The molecule has 0 radical (unpaired) electrons. The molecule has 0 aliphatic carbocycles. The van der Waals surface area contributed by atoms with Gasteiger partial charge in [-0.2, -0.15) is 0 Å². The SMILES string of the molecule is COC(=O)C(C)OP(=O)(OC(C)C(=O)OC)OC(C)C(=O)OC. The Kier molecular flexibility index (Phi) is 8.99. The van der Waals surface area contributed by atoms with Crippen molar-refractivity contribution in [1.82, 2.24) is 0 Å². The maximum absolute atomic E-state index is 12.6. The van der Waals surface area contributed by atoms with Crippen LogP contribution in [0.1, 0.15) is 20.8 Å². The zero-order valence-electron chi connectivity index (χ0n) is 13.8. The minimum absolute atomic E-state index is 0.853. The van der Waals surface area contributed by atoms with Crippen LogP contribution >= 0.6 is 7.82 Å². The van der Waals surface area contributed by atoms with E-state index in [4.69, 9.17) is 13.6 Å². The van der Waals surface area contributed by atoms with Gasteiger partial charge >= 0.3 is 25.7 Å². The van der Waals surface area contributed by atoms with Crippen LogP contribution in [0.15, 0.2) is 0 Å². The first kappa shape index (κ1) is 21.5. The summed E-state index contributed by atoms with van der Waals surface area (Å²) in [4.78, 5) is 34.1. The second kappa shape index (κ2) is 9.61. The van der Waals surface area contributed by atoms with Gasteiger partial charge in [0.05, 0.1) is 21.3 Å². The molecule has 0 heterocycles. The third-order valence-corrected chi connectivity index (χ3v) is 4.18. The first-order chi connectivity index (χ1) is 10.6. The molecule has 0 aliphatic heterocycles. The highest BCUT2D eigenvalue weighted by Gasteiger charge is 2.39. The predicted octanol–water partition coefficient (Wildman–Crippen LogP) is 0.829. The molecular formula is C12H21O10P. The maximum Gasteiger partial charge on any atom is 0.477 e. The summed E-state index contributed by atoms with van der Waals surface area (Å²) in [5.74, 6) is -2.56. The Bertz CT molecular complexity index is 410. The quantitative estimate of drug-likeness (QED) is 0.333. The number of hydrogen-bond acceptors (Lipinski definition) is 10. The van der Waals surface area contributed by atoms with E-state index < -0.39 is 44.0 Å². The van der Waals surface area contributed by atoms with Crippen LogP contribution in [-0.4, -0.2) is 57.5 Å². The second-order valence-corrected chi connectivity index (χ2v) is 5.79. The fraction of sp³-hybridized carbons (Fsp3) is 0.750. The van der Waals surface area contributed by atoms with Gasteiger partial charge in [-0.05, 0) is 20.8 Å². The highest BCUT2D eigenvalue weighted by atomic mass is 31.2. The summed E-state index contributed by atoms with van der Waals surface area (Å²) in [7, 11) is -1.19. The average Bonchev–Trinajstić information content (AvgIpc) is 2.51. The largest absolute Gasteiger partial charge is 0.477 e. The monoisotopic (exact) mass is 356 g/mol. The Morgan fingerprint density at radius 1 is 0.652 bits per heavy atom. The van der Waals surface area contributed by atoms with Crippen LogP contribution in [0, 0.1) is 0 Å². The maximum atomic E-state index is 12.6. The van der Waals surface area contributed by atoms with Crippen molar-refractivity contribution in [2.75, 3.05) is 21.3 Å². The van der Waals surface area contributed by atoms with Crippen LogP contribution in [0.2, 0.25) is 0 Å². The van der Waals surface area contributed by atoms with Gasteiger partial charge in [0.15, 0.2) is 18.3 Å². The lowest BCUT2D eigenvalue weighted by atomic mass is 10.4. The summed E-state index contributed by atoms with van der Waals surface area (Å²) < 4.78 is 40.7. The smallest absolute Gasteiger partial charge is 0.467 e. The lowest BCUT2D eigenvalue weighted by Gasteiger charge is -2.24. The minimum Gasteiger partial charge on any atom is -0.467 e. The molecule has 0 saturated carbocycles. The molecule has 0 fully saturated rings. The van der Waals surface area contributed by atoms with E-state index in [1.165, 1.54) is 20.8 Å². The molecule has 0 aromatic heterocycles. The number of carbonyl (C=O) groups is 3. The lowest BCUT2D eigenvalue weighted by molar-refractivity contribution is -0.154. The highest BCUT2D eigenvalue weighted by molar-refractivity contribution is 7.48. The van der Waals surface area contributed by atoms with Crippen LogP contribution in [0.25, 0.3) is 0 Å². The predicted molar refractivity (Wildman–Crippen MR) is 75.3 cm³/mol. The Balaban J connectivity index is 5.25. The number of ether oxygens (including phenoxy) is 3. The van der Waals surface area contributed by atoms with Gasteiger partial charge in [-0.3, -0.25) is 13.6 Å². The molecule has 0 aromatic rings. The molecule has 0 aromatic carbocycles. The molecule has 0 aliphatic rings. The molecule has 3 atom stereocenters. The van der Waals surface area contributed by atoms with Gasteiger partial charge in [-0.1, -0.05) is 0 Å². The van der Waals surface area contributed by atoms with E-state index >= 15 is 0 Å². The molecule has 0 rings (SSSR count). The standard InChI is InChI=1S/C12H21O10P/c1-7(10(13)17-4)20-23(16,21-8(2)11(14)18-5)22-9(3)12(15)19-6/h7-9H,1-6H3. The van der Waals surface area contributed by atoms with E-state index in [2.05, 4.69) is 14.2 Å². The van der Waals surface area contributed by atoms with Gasteiger partial charge in [0.2, 0.25) is 0 Å². The van der Waals surface area contributed by atoms with E-state index in [1.807, 2.05) is 0 Å². The average molecular weight is 356 g/mol. The van der Waals surface area contributed by atoms with Crippen molar-refractivity contribution in [3.05, 3.63) is 0 Å². The molecule has 0 spiro atoms. The van der Waals surface area contributed by atoms with Gasteiger partial charge < -0.3 is 14.2 Å². The van der Waals surface area contributed by atoms with Gasteiger partial charge in [-0.25, -0.2) is 18.9 Å². The van der Waals surface area contributed by atoms with E-state index in [9.17, 15) is 18.9 Å². The van der Waals surface area contributed by atoms with Crippen molar-refractivity contribution in [1.29, 1.82) is 0 Å². The molecule has 0 saturated heterocycles. The topological polar surface area (TPSA) is 124 Å². The summed E-state index contributed by atoms with van der Waals surface area (Å²) in [6.07, 6.45) is -4.00. The molecule has 10 nitrogen and oxygen atoms in total. The van der Waals surface area contributed by atoms with Crippen molar-refractivity contribution >= 4 is 25.7 Å². The molecular weight excluding hydrogens is 335 g/mol. The number of carbonyl (C=O) groups excluding carboxylic acids is 3. The summed E-state index contributed by atoms with van der Waals surface area (Å²) in [5.41, 5.74) is 0. The van der Waals surface area contributed by atoms with Crippen molar-refractivity contribution < 1.29 is 46.7 Å². The third kappa shape index (κ3) is 7.08. The van der Waals surface area contributed by atoms with E-state index in [0.29, 0.717) is 0 Å². The summed E-state index contributed by atoms with van der Waals surface area (Å²) in [6.45, 7) is 3.70. The molecule has 0 amide bonds. The zero-order chi connectivity index (χ0) is 18.2. The molecule has 23 heavy (non-hydrogen) atoms. The van der Waals surface area contributed by atoms with Crippen molar-refractivity contribution in [2.24, 2.45) is 0 Å². The van der Waals surface area contributed by atoms with Crippen LogP contribution in [0.5, 0.6) is 0 Å². The second-order valence-electron chi connectivity index (χ2n) is 4.26. The number of phosphoric acid groups is 1. The van der Waals surface area contributed by atoms with Crippen LogP contribution in [0.4, 0.5) is 0 Å². The summed E-state index contributed by atoms with van der Waals surface area (Å²) in [5, 5.41) is 0. The first-order valence-corrected chi connectivity index (χ1v) is 7.95. The first-order valence-electron chi connectivity index (χ1n) is 6.48. The number of phosphoric ester groups is 1. The zero-order valence-corrected chi connectivity index (χ0v) is 14.7.